The maximum Gasteiger partial charge on any atom is 0.222 e. The van der Waals surface area contributed by atoms with Crippen LogP contribution in [0.5, 0.6) is 5.75 Å². The Morgan fingerprint density at radius 1 is 1.00 bits per heavy atom. The van der Waals surface area contributed by atoms with Gasteiger partial charge in [-0.2, -0.15) is 0 Å². The van der Waals surface area contributed by atoms with E-state index in [0.29, 0.717) is 13.0 Å². The molecule has 0 unspecified atom stereocenters. The predicted molar refractivity (Wildman–Crippen MR) is 107 cm³/mol. The van der Waals surface area contributed by atoms with E-state index in [0.717, 1.165) is 61.8 Å². The number of hydrogen-bond donors (Lipinski definition) is 0. The summed E-state index contributed by atoms with van der Waals surface area (Å²) in [6.45, 7) is 7.85. The second kappa shape index (κ2) is 9.35. The molecule has 2 heterocycles. The Kier molecular flexibility index (Phi) is 6.63. The molecule has 1 aliphatic rings. The Hall–Kier alpha value is -2.63. The van der Waals surface area contributed by atoms with Gasteiger partial charge in [0, 0.05) is 38.2 Å². The summed E-state index contributed by atoms with van der Waals surface area (Å²) in [5.74, 6) is 2.00. The molecule has 6 nitrogen and oxygen atoms in total. The number of nitrogens with zero attached hydrogens (tertiary/aromatic N) is 4. The van der Waals surface area contributed by atoms with E-state index >= 15 is 0 Å². The number of carbonyl (C=O) groups is 1. The molecule has 2 aromatic rings. The highest BCUT2D eigenvalue weighted by molar-refractivity contribution is 5.76. The lowest BCUT2D eigenvalue weighted by Gasteiger charge is -2.35. The topological polar surface area (TPSA) is 58.6 Å². The van der Waals surface area contributed by atoms with E-state index in [1.807, 2.05) is 48.2 Å². The van der Waals surface area contributed by atoms with Crippen LogP contribution in [-0.4, -0.2) is 53.8 Å². The molecule has 0 N–H and O–H groups in total. The van der Waals surface area contributed by atoms with Crippen molar-refractivity contribution in [3.63, 3.8) is 0 Å². The fourth-order valence-corrected chi connectivity index (χ4v) is 3.21. The highest BCUT2D eigenvalue weighted by Gasteiger charge is 2.21. The molecule has 3 rings (SSSR count). The number of unbranched alkanes of at least 4 members (excludes halogenated alkanes) is 1. The molecule has 144 valence electrons. The van der Waals surface area contributed by atoms with Crippen molar-refractivity contribution in [2.75, 3.05) is 37.7 Å². The first kappa shape index (κ1) is 19.1. The first-order valence-electron chi connectivity index (χ1n) is 9.81. The molecule has 0 atom stereocenters. The van der Waals surface area contributed by atoms with Crippen molar-refractivity contribution < 1.29 is 9.53 Å². The SMILES string of the molecule is CCCCC(=O)N1CCN(c2ccc(-c3ccc(OCC)cc3)nn2)CC1. The Labute approximate surface area is 161 Å². The Bertz CT molecular complexity index is 723. The van der Waals surface area contributed by atoms with E-state index in [1.165, 1.54) is 0 Å². The molecule has 0 bridgehead atoms. The number of benzene rings is 1. The molecule has 1 amide bonds. The van der Waals surface area contributed by atoms with Gasteiger partial charge in [0.15, 0.2) is 5.82 Å². The second-order valence-electron chi connectivity index (χ2n) is 6.71. The van der Waals surface area contributed by atoms with Crippen LogP contribution in [0.25, 0.3) is 11.3 Å². The standard InChI is InChI=1S/C21H28N4O2/c1-3-5-6-21(26)25-15-13-24(14-16-25)20-12-11-19(22-23-20)17-7-9-18(10-8-17)27-4-2/h7-12H,3-6,13-16H2,1-2H3. The van der Waals surface area contributed by atoms with Gasteiger partial charge in [0.1, 0.15) is 5.75 Å². The Morgan fingerprint density at radius 2 is 1.74 bits per heavy atom. The fourth-order valence-electron chi connectivity index (χ4n) is 3.21. The van der Waals surface area contributed by atoms with E-state index < -0.39 is 0 Å². The van der Waals surface area contributed by atoms with Gasteiger partial charge in [0.2, 0.25) is 5.91 Å². The highest BCUT2D eigenvalue weighted by atomic mass is 16.5. The van der Waals surface area contributed by atoms with Crippen LogP contribution in [0.1, 0.15) is 33.1 Å². The number of anilines is 1. The molecular weight excluding hydrogens is 340 g/mol. The minimum absolute atomic E-state index is 0.272. The fraction of sp³-hybridized carbons (Fsp3) is 0.476. The number of carbonyl (C=O) groups excluding carboxylic acids is 1. The number of hydrogen-bond acceptors (Lipinski definition) is 5. The average molecular weight is 368 g/mol. The molecule has 0 radical (unpaired) electrons. The summed E-state index contributed by atoms with van der Waals surface area (Å²) in [5.41, 5.74) is 1.86. The summed E-state index contributed by atoms with van der Waals surface area (Å²) in [6, 6.07) is 11.9. The summed E-state index contributed by atoms with van der Waals surface area (Å²) in [7, 11) is 0. The van der Waals surface area contributed by atoms with Crippen molar-refractivity contribution in [1.29, 1.82) is 0 Å². The van der Waals surface area contributed by atoms with Crippen LogP contribution in [0.4, 0.5) is 5.82 Å². The van der Waals surface area contributed by atoms with Crippen molar-refractivity contribution in [2.24, 2.45) is 0 Å². The summed E-state index contributed by atoms with van der Waals surface area (Å²) in [4.78, 5) is 16.3. The van der Waals surface area contributed by atoms with E-state index in [9.17, 15) is 4.79 Å². The van der Waals surface area contributed by atoms with Crippen LogP contribution in [-0.2, 0) is 4.79 Å². The lowest BCUT2D eigenvalue weighted by atomic mass is 10.1. The van der Waals surface area contributed by atoms with Crippen molar-refractivity contribution in [3.05, 3.63) is 36.4 Å². The first-order valence-corrected chi connectivity index (χ1v) is 9.81. The number of amides is 1. The molecule has 1 aromatic heterocycles. The highest BCUT2D eigenvalue weighted by Crippen LogP contribution is 2.22. The molecule has 1 aromatic carbocycles. The molecule has 0 aliphatic carbocycles. The third kappa shape index (κ3) is 4.96. The van der Waals surface area contributed by atoms with Crippen LogP contribution >= 0.6 is 0 Å². The van der Waals surface area contributed by atoms with Crippen LogP contribution in [0, 0.1) is 0 Å². The lowest BCUT2D eigenvalue weighted by molar-refractivity contribution is -0.131. The normalized spacial score (nSPS) is 14.3. The van der Waals surface area contributed by atoms with E-state index in [4.69, 9.17) is 4.74 Å². The lowest BCUT2D eigenvalue weighted by Crippen LogP contribution is -2.49. The van der Waals surface area contributed by atoms with Crippen molar-refractivity contribution >= 4 is 11.7 Å². The number of ether oxygens (including phenoxy) is 1. The predicted octanol–water partition coefficient (Wildman–Crippen LogP) is 3.38. The van der Waals surface area contributed by atoms with Crippen LogP contribution in [0.15, 0.2) is 36.4 Å². The van der Waals surface area contributed by atoms with E-state index in [1.54, 1.807) is 0 Å². The van der Waals surface area contributed by atoms with Gasteiger partial charge in [-0.3, -0.25) is 4.79 Å². The smallest absolute Gasteiger partial charge is 0.222 e. The molecular formula is C21H28N4O2. The molecule has 27 heavy (non-hydrogen) atoms. The van der Waals surface area contributed by atoms with Gasteiger partial charge in [-0.1, -0.05) is 13.3 Å². The Morgan fingerprint density at radius 3 is 2.33 bits per heavy atom. The summed E-state index contributed by atoms with van der Waals surface area (Å²) in [6.07, 6.45) is 2.69. The molecule has 6 heteroatoms. The van der Waals surface area contributed by atoms with E-state index in [2.05, 4.69) is 22.0 Å². The maximum atomic E-state index is 12.1. The van der Waals surface area contributed by atoms with Crippen LogP contribution in [0.3, 0.4) is 0 Å². The van der Waals surface area contributed by atoms with Crippen molar-refractivity contribution in [1.82, 2.24) is 15.1 Å². The molecule has 0 saturated carbocycles. The Balaban J connectivity index is 1.57. The monoisotopic (exact) mass is 368 g/mol. The molecule has 1 saturated heterocycles. The maximum absolute atomic E-state index is 12.1. The third-order valence-corrected chi connectivity index (χ3v) is 4.81. The minimum Gasteiger partial charge on any atom is -0.494 e. The molecule has 0 spiro atoms. The number of aromatic nitrogens is 2. The van der Waals surface area contributed by atoms with Gasteiger partial charge >= 0.3 is 0 Å². The third-order valence-electron chi connectivity index (χ3n) is 4.81. The van der Waals surface area contributed by atoms with Crippen molar-refractivity contribution in [2.45, 2.75) is 33.1 Å². The second-order valence-corrected chi connectivity index (χ2v) is 6.71. The minimum atomic E-state index is 0.272. The van der Waals surface area contributed by atoms with Crippen molar-refractivity contribution in [3.8, 4) is 17.0 Å². The van der Waals surface area contributed by atoms with E-state index in [-0.39, 0.29) is 5.91 Å². The van der Waals surface area contributed by atoms with Gasteiger partial charge in [0.05, 0.1) is 12.3 Å². The van der Waals surface area contributed by atoms with Crippen LogP contribution < -0.4 is 9.64 Å². The summed E-state index contributed by atoms with van der Waals surface area (Å²) >= 11 is 0. The van der Waals surface area contributed by atoms with Gasteiger partial charge in [0.25, 0.3) is 0 Å². The number of piperazine rings is 1. The largest absolute Gasteiger partial charge is 0.494 e. The van der Waals surface area contributed by atoms with Gasteiger partial charge in [-0.15, -0.1) is 10.2 Å². The molecule has 1 fully saturated rings. The number of rotatable bonds is 7. The molecule has 1 aliphatic heterocycles. The zero-order valence-electron chi connectivity index (χ0n) is 16.2. The average Bonchev–Trinajstić information content (AvgIpc) is 2.73. The first-order chi connectivity index (χ1) is 13.2. The van der Waals surface area contributed by atoms with Gasteiger partial charge in [-0.05, 0) is 49.7 Å². The zero-order chi connectivity index (χ0) is 19.1. The van der Waals surface area contributed by atoms with Gasteiger partial charge < -0.3 is 14.5 Å². The quantitative estimate of drug-likeness (QED) is 0.750. The van der Waals surface area contributed by atoms with Gasteiger partial charge in [-0.25, -0.2) is 0 Å². The summed E-state index contributed by atoms with van der Waals surface area (Å²) in [5, 5.41) is 8.78. The van der Waals surface area contributed by atoms with Crippen LogP contribution in [0.2, 0.25) is 0 Å². The zero-order valence-corrected chi connectivity index (χ0v) is 16.2. The summed E-state index contributed by atoms with van der Waals surface area (Å²) < 4.78 is 5.47.